The van der Waals surface area contributed by atoms with Gasteiger partial charge in [0.15, 0.2) is 0 Å². The van der Waals surface area contributed by atoms with E-state index in [4.69, 9.17) is 26.5 Å². The van der Waals surface area contributed by atoms with Gasteiger partial charge in [-0.25, -0.2) is 4.79 Å². The summed E-state index contributed by atoms with van der Waals surface area (Å²) in [6.07, 6.45) is 0.358. The number of hydrogen-bond donors (Lipinski definition) is 1. The van der Waals surface area contributed by atoms with Gasteiger partial charge in [-0.15, -0.1) is 0 Å². The number of halogens is 1. The highest BCUT2D eigenvalue weighted by Crippen LogP contribution is 2.38. The molecule has 2 aromatic carbocycles. The van der Waals surface area contributed by atoms with E-state index >= 15 is 0 Å². The average Bonchev–Trinajstić information content (AvgIpc) is 2.72. The van der Waals surface area contributed by atoms with E-state index in [-0.39, 0.29) is 0 Å². The minimum absolute atomic E-state index is 0.292. The number of hydrogen-bond acceptors (Lipinski definition) is 5. The van der Waals surface area contributed by atoms with Crippen LogP contribution in [0.3, 0.4) is 0 Å². The van der Waals surface area contributed by atoms with E-state index in [1.54, 1.807) is 19.1 Å². The fourth-order valence-electron chi connectivity index (χ4n) is 3.82. The van der Waals surface area contributed by atoms with Crippen molar-refractivity contribution in [3.63, 3.8) is 0 Å². The van der Waals surface area contributed by atoms with Crippen molar-refractivity contribution in [3.05, 3.63) is 109 Å². The Bertz CT molecular complexity index is 1250. The Morgan fingerprint density at radius 1 is 1.23 bits per heavy atom. The highest BCUT2D eigenvalue weighted by Gasteiger charge is 2.32. The number of nitriles is 1. The molecule has 0 amide bonds. The van der Waals surface area contributed by atoms with E-state index in [1.807, 2.05) is 42.5 Å². The quantitative estimate of drug-likeness (QED) is 0.668. The van der Waals surface area contributed by atoms with Crippen molar-refractivity contribution in [1.82, 2.24) is 0 Å². The second-order valence-electron chi connectivity index (χ2n) is 7.21. The maximum atomic E-state index is 12.7. The first kappa shape index (κ1) is 19.8. The molecule has 1 unspecified atom stereocenters. The number of ether oxygens (including phenoxy) is 1. The number of para-hydroxylation sites is 1. The predicted octanol–water partition coefficient (Wildman–Crippen LogP) is 4.61. The molecule has 0 spiro atoms. The maximum absolute atomic E-state index is 12.7. The topological polar surface area (TPSA) is 89.2 Å². The molecule has 1 aromatic heterocycles. The molecule has 3 aromatic rings. The summed E-state index contributed by atoms with van der Waals surface area (Å²) >= 11 is 6.16. The van der Waals surface area contributed by atoms with Crippen molar-refractivity contribution in [1.29, 1.82) is 5.26 Å². The minimum atomic E-state index is -0.573. The normalized spacial score (nSPS) is 15.4. The summed E-state index contributed by atoms with van der Waals surface area (Å²) in [4.78, 5) is 12.7. The Labute approximate surface area is 179 Å². The number of rotatable bonds is 4. The van der Waals surface area contributed by atoms with Gasteiger partial charge >= 0.3 is 5.63 Å². The number of nitrogens with zero attached hydrogens (tertiary/aromatic N) is 1. The van der Waals surface area contributed by atoms with Gasteiger partial charge in [-0.2, -0.15) is 5.26 Å². The molecule has 5 nitrogen and oxygen atoms in total. The molecule has 0 saturated carbocycles. The van der Waals surface area contributed by atoms with Crippen molar-refractivity contribution in [2.24, 2.45) is 5.73 Å². The first-order valence-corrected chi connectivity index (χ1v) is 9.84. The smallest absolute Gasteiger partial charge is 0.340 e. The fourth-order valence-corrected chi connectivity index (χ4v) is 4.01. The van der Waals surface area contributed by atoms with E-state index in [0.29, 0.717) is 46.4 Å². The molecule has 0 radical (unpaired) electrons. The number of allylic oxidation sites excluding steroid dienone is 2. The molecular weight excluding hydrogens is 400 g/mol. The van der Waals surface area contributed by atoms with Crippen molar-refractivity contribution in [2.75, 3.05) is 0 Å². The Hall–Kier alpha value is -3.49. The lowest BCUT2D eigenvalue weighted by atomic mass is 9.77. The molecule has 6 heteroatoms. The standard InChI is InChI=1S/C24H19ClN2O3/c1-14-9-17-11-20(27)18(12-26)22(23(17)24(28)30-14)16-6-4-5-15(10-16)13-29-21-8-3-2-7-19(21)25/h2-10,22H,11,13,27H2,1H3. The summed E-state index contributed by atoms with van der Waals surface area (Å²) < 4.78 is 11.2. The molecule has 1 atom stereocenters. The SMILES string of the molecule is Cc1cc2c(c(=O)o1)C(c1cccc(COc3ccccc3Cl)c1)C(C#N)=C(N)C2. The van der Waals surface area contributed by atoms with Gasteiger partial charge in [-0.05, 0) is 41.8 Å². The molecule has 150 valence electrons. The van der Waals surface area contributed by atoms with E-state index in [0.717, 1.165) is 16.7 Å². The molecule has 1 heterocycles. The number of aryl methyl sites for hydroxylation is 1. The van der Waals surface area contributed by atoms with Crippen LogP contribution in [-0.2, 0) is 13.0 Å². The Kier molecular flexibility index (Phi) is 5.35. The van der Waals surface area contributed by atoms with Crippen LogP contribution in [0.2, 0.25) is 5.02 Å². The summed E-state index contributed by atoms with van der Waals surface area (Å²) in [5.74, 6) is 0.536. The van der Waals surface area contributed by atoms with Gasteiger partial charge in [0, 0.05) is 12.1 Å². The first-order chi connectivity index (χ1) is 14.5. The van der Waals surface area contributed by atoms with Crippen LogP contribution in [0.4, 0.5) is 0 Å². The van der Waals surface area contributed by atoms with Crippen LogP contribution >= 0.6 is 11.6 Å². The zero-order valence-corrected chi connectivity index (χ0v) is 17.1. The van der Waals surface area contributed by atoms with Crippen LogP contribution in [0, 0.1) is 18.3 Å². The Morgan fingerprint density at radius 2 is 2.03 bits per heavy atom. The molecular formula is C24H19ClN2O3. The summed E-state index contributed by atoms with van der Waals surface area (Å²) in [5.41, 5.74) is 9.55. The zero-order valence-electron chi connectivity index (χ0n) is 16.3. The molecule has 0 bridgehead atoms. The second kappa shape index (κ2) is 8.10. The van der Waals surface area contributed by atoms with Crippen molar-refractivity contribution >= 4 is 11.6 Å². The van der Waals surface area contributed by atoms with Crippen LogP contribution in [0.25, 0.3) is 0 Å². The van der Waals surface area contributed by atoms with Crippen LogP contribution in [0.1, 0.15) is 33.9 Å². The van der Waals surface area contributed by atoms with Gasteiger partial charge in [0.25, 0.3) is 0 Å². The number of nitrogens with two attached hydrogens (primary N) is 1. The van der Waals surface area contributed by atoms with Crippen molar-refractivity contribution in [3.8, 4) is 11.8 Å². The third-order valence-corrected chi connectivity index (χ3v) is 5.45. The zero-order chi connectivity index (χ0) is 21.3. The molecule has 1 aliphatic carbocycles. The van der Waals surface area contributed by atoms with E-state index < -0.39 is 11.5 Å². The van der Waals surface area contributed by atoms with Gasteiger partial charge in [0.2, 0.25) is 0 Å². The van der Waals surface area contributed by atoms with Gasteiger partial charge in [0.1, 0.15) is 18.1 Å². The minimum Gasteiger partial charge on any atom is -0.487 e. The van der Waals surface area contributed by atoms with Gasteiger partial charge in [-0.1, -0.05) is 48.0 Å². The van der Waals surface area contributed by atoms with Crippen molar-refractivity contribution in [2.45, 2.75) is 25.9 Å². The Morgan fingerprint density at radius 3 is 2.80 bits per heavy atom. The van der Waals surface area contributed by atoms with Crippen LogP contribution in [0.5, 0.6) is 5.75 Å². The molecule has 0 fully saturated rings. The van der Waals surface area contributed by atoms with Crippen LogP contribution in [-0.4, -0.2) is 0 Å². The summed E-state index contributed by atoms with van der Waals surface area (Å²) in [7, 11) is 0. The largest absolute Gasteiger partial charge is 0.487 e. The second-order valence-corrected chi connectivity index (χ2v) is 7.62. The molecule has 4 rings (SSSR count). The molecule has 30 heavy (non-hydrogen) atoms. The van der Waals surface area contributed by atoms with Gasteiger partial charge in [-0.3, -0.25) is 0 Å². The van der Waals surface area contributed by atoms with E-state index in [2.05, 4.69) is 6.07 Å². The molecule has 2 N–H and O–H groups in total. The third kappa shape index (κ3) is 3.70. The summed E-state index contributed by atoms with van der Waals surface area (Å²) in [5, 5.41) is 10.3. The summed E-state index contributed by atoms with van der Waals surface area (Å²) in [6, 6.07) is 18.8. The average molecular weight is 419 g/mol. The maximum Gasteiger partial charge on any atom is 0.340 e. The molecule has 0 saturated heterocycles. The lowest BCUT2D eigenvalue weighted by Gasteiger charge is -2.26. The Balaban J connectivity index is 1.73. The number of benzene rings is 2. The monoisotopic (exact) mass is 418 g/mol. The highest BCUT2D eigenvalue weighted by molar-refractivity contribution is 6.32. The first-order valence-electron chi connectivity index (χ1n) is 9.46. The lowest BCUT2D eigenvalue weighted by Crippen LogP contribution is -2.26. The predicted molar refractivity (Wildman–Crippen MR) is 114 cm³/mol. The summed E-state index contributed by atoms with van der Waals surface area (Å²) in [6.45, 7) is 2.02. The third-order valence-electron chi connectivity index (χ3n) is 5.14. The van der Waals surface area contributed by atoms with Crippen molar-refractivity contribution < 1.29 is 9.15 Å². The number of fused-ring (bicyclic) bond motifs is 1. The molecule has 0 aliphatic heterocycles. The highest BCUT2D eigenvalue weighted by atomic mass is 35.5. The van der Waals surface area contributed by atoms with Crippen LogP contribution in [0.15, 0.2) is 75.1 Å². The van der Waals surface area contributed by atoms with E-state index in [9.17, 15) is 10.1 Å². The van der Waals surface area contributed by atoms with Crippen LogP contribution < -0.4 is 16.1 Å². The van der Waals surface area contributed by atoms with E-state index in [1.165, 1.54) is 0 Å². The lowest BCUT2D eigenvalue weighted by molar-refractivity contribution is 0.306. The molecule has 1 aliphatic rings. The van der Waals surface area contributed by atoms with Gasteiger partial charge < -0.3 is 14.9 Å². The van der Waals surface area contributed by atoms with Gasteiger partial charge in [0.05, 0.1) is 28.1 Å². The fraction of sp³-hybridized carbons (Fsp3) is 0.167.